The summed E-state index contributed by atoms with van der Waals surface area (Å²) in [6, 6.07) is 20.8. The number of hydrogen-bond acceptors (Lipinski definition) is 4. The van der Waals surface area contributed by atoms with Crippen molar-refractivity contribution >= 4 is 5.91 Å². The topological polar surface area (TPSA) is 75.4 Å². The van der Waals surface area contributed by atoms with Crippen LogP contribution in [0.5, 0.6) is 0 Å². The fraction of sp³-hybridized carbons (Fsp3) is 0.200. The van der Waals surface area contributed by atoms with Gasteiger partial charge in [-0.15, -0.1) is 0 Å². The van der Waals surface area contributed by atoms with Crippen molar-refractivity contribution in [2.75, 3.05) is 6.61 Å². The van der Waals surface area contributed by atoms with Gasteiger partial charge in [0.1, 0.15) is 0 Å². The van der Waals surface area contributed by atoms with Crippen molar-refractivity contribution in [1.29, 1.82) is 0 Å². The summed E-state index contributed by atoms with van der Waals surface area (Å²) in [6.45, 7) is -0.116. The Morgan fingerprint density at radius 1 is 1.08 bits per heavy atom. The van der Waals surface area contributed by atoms with E-state index in [0.717, 1.165) is 11.1 Å². The van der Waals surface area contributed by atoms with E-state index in [1.54, 1.807) is 6.07 Å². The number of nitrogens with one attached hydrogen (secondary N) is 1. The lowest BCUT2D eigenvalue weighted by atomic mass is 10.1. The molecule has 25 heavy (non-hydrogen) atoms. The molecule has 5 heteroatoms. The van der Waals surface area contributed by atoms with Gasteiger partial charge in [-0.1, -0.05) is 65.8 Å². The highest BCUT2D eigenvalue weighted by molar-refractivity contribution is 5.78. The molecule has 0 aliphatic carbocycles. The van der Waals surface area contributed by atoms with E-state index in [4.69, 9.17) is 4.52 Å². The van der Waals surface area contributed by atoms with E-state index in [1.807, 2.05) is 60.7 Å². The Kier molecular flexibility index (Phi) is 5.59. The number of carbonyl (C=O) groups is 1. The molecule has 2 N–H and O–H groups in total. The van der Waals surface area contributed by atoms with Gasteiger partial charge in [-0.05, 0) is 12.0 Å². The van der Waals surface area contributed by atoms with Crippen LogP contribution in [-0.2, 0) is 17.6 Å². The number of rotatable bonds is 7. The maximum Gasteiger partial charge on any atom is 0.226 e. The van der Waals surface area contributed by atoms with Crippen molar-refractivity contribution in [1.82, 2.24) is 10.5 Å². The van der Waals surface area contributed by atoms with E-state index in [1.165, 1.54) is 0 Å². The Morgan fingerprint density at radius 2 is 1.76 bits per heavy atom. The predicted molar refractivity (Wildman–Crippen MR) is 94.8 cm³/mol. The summed E-state index contributed by atoms with van der Waals surface area (Å²) in [5.74, 6) is 0.439. The summed E-state index contributed by atoms with van der Waals surface area (Å²) < 4.78 is 5.30. The molecule has 1 aromatic heterocycles. The molecule has 0 radical (unpaired) electrons. The number of amides is 1. The molecular formula is C20H20N2O3. The lowest BCUT2D eigenvalue weighted by Crippen LogP contribution is -2.39. The standard InChI is InChI=1S/C20H20N2O3/c23-14-18(11-15-7-3-1-4-8-15)21-20(24)13-17-12-19(25-22-17)16-9-5-2-6-10-16/h1-10,12,18,23H,11,13-14H2,(H,21,24). The highest BCUT2D eigenvalue weighted by Gasteiger charge is 2.15. The summed E-state index contributed by atoms with van der Waals surface area (Å²) in [4.78, 5) is 12.2. The molecule has 128 valence electrons. The number of aromatic nitrogens is 1. The first-order valence-corrected chi connectivity index (χ1v) is 8.20. The Morgan fingerprint density at radius 3 is 2.44 bits per heavy atom. The molecule has 0 saturated heterocycles. The van der Waals surface area contributed by atoms with Crippen LogP contribution in [0, 0.1) is 0 Å². The molecular weight excluding hydrogens is 316 g/mol. The molecule has 1 heterocycles. The van der Waals surface area contributed by atoms with Crippen molar-refractivity contribution in [3.8, 4) is 11.3 Å². The fourth-order valence-corrected chi connectivity index (χ4v) is 2.64. The zero-order chi connectivity index (χ0) is 17.5. The molecule has 3 rings (SSSR count). The van der Waals surface area contributed by atoms with Crippen molar-refractivity contribution in [2.45, 2.75) is 18.9 Å². The van der Waals surface area contributed by atoms with Crippen LogP contribution in [0.4, 0.5) is 0 Å². The summed E-state index contributed by atoms with van der Waals surface area (Å²) in [5, 5.41) is 16.3. The number of nitrogens with zero attached hydrogens (tertiary/aromatic N) is 1. The van der Waals surface area contributed by atoms with Gasteiger partial charge >= 0.3 is 0 Å². The summed E-state index contributed by atoms with van der Waals surface area (Å²) in [5.41, 5.74) is 2.54. The maximum absolute atomic E-state index is 12.2. The van der Waals surface area contributed by atoms with Crippen LogP contribution in [0.25, 0.3) is 11.3 Å². The van der Waals surface area contributed by atoms with E-state index in [-0.39, 0.29) is 25.0 Å². The molecule has 2 aromatic carbocycles. The quantitative estimate of drug-likeness (QED) is 0.695. The Bertz CT molecular complexity index is 800. The largest absolute Gasteiger partial charge is 0.394 e. The van der Waals surface area contributed by atoms with Gasteiger partial charge in [-0.25, -0.2) is 0 Å². The van der Waals surface area contributed by atoms with Crippen LogP contribution in [0.15, 0.2) is 71.3 Å². The van der Waals surface area contributed by atoms with E-state index in [0.29, 0.717) is 17.9 Å². The third-order valence-corrected chi connectivity index (χ3v) is 3.87. The molecule has 1 amide bonds. The van der Waals surface area contributed by atoms with Crippen LogP contribution in [0.1, 0.15) is 11.3 Å². The van der Waals surface area contributed by atoms with Crippen LogP contribution >= 0.6 is 0 Å². The van der Waals surface area contributed by atoms with Crippen molar-refractivity contribution in [3.63, 3.8) is 0 Å². The first-order valence-electron chi connectivity index (χ1n) is 8.20. The SMILES string of the molecule is O=C(Cc1cc(-c2ccccc2)on1)NC(CO)Cc1ccccc1. The third kappa shape index (κ3) is 4.78. The molecule has 1 atom stereocenters. The first-order chi connectivity index (χ1) is 12.2. The maximum atomic E-state index is 12.2. The summed E-state index contributed by atoms with van der Waals surface area (Å²) in [6.07, 6.45) is 0.693. The average Bonchev–Trinajstić information content (AvgIpc) is 3.11. The van der Waals surface area contributed by atoms with Crippen LogP contribution in [0.3, 0.4) is 0 Å². The Labute approximate surface area is 146 Å². The van der Waals surface area contributed by atoms with Gasteiger partial charge in [0.25, 0.3) is 0 Å². The minimum Gasteiger partial charge on any atom is -0.394 e. The molecule has 5 nitrogen and oxygen atoms in total. The highest BCUT2D eigenvalue weighted by Crippen LogP contribution is 2.19. The van der Waals surface area contributed by atoms with Crippen molar-refractivity contribution in [2.24, 2.45) is 0 Å². The third-order valence-electron chi connectivity index (χ3n) is 3.87. The van der Waals surface area contributed by atoms with Gasteiger partial charge in [0.15, 0.2) is 5.76 Å². The lowest BCUT2D eigenvalue weighted by molar-refractivity contribution is -0.121. The normalized spacial score (nSPS) is 11.9. The second-order valence-corrected chi connectivity index (χ2v) is 5.86. The second kappa shape index (κ2) is 8.26. The number of benzene rings is 2. The second-order valence-electron chi connectivity index (χ2n) is 5.86. The zero-order valence-electron chi connectivity index (χ0n) is 13.8. The number of aliphatic hydroxyl groups excluding tert-OH is 1. The molecule has 0 fully saturated rings. The minimum absolute atomic E-state index is 0.113. The smallest absolute Gasteiger partial charge is 0.226 e. The molecule has 3 aromatic rings. The van der Waals surface area contributed by atoms with Gasteiger partial charge < -0.3 is 14.9 Å². The van der Waals surface area contributed by atoms with Crippen LogP contribution in [0.2, 0.25) is 0 Å². The molecule has 0 aliphatic heterocycles. The van der Waals surface area contributed by atoms with E-state index >= 15 is 0 Å². The van der Waals surface area contributed by atoms with Crippen LogP contribution in [-0.4, -0.2) is 28.8 Å². The minimum atomic E-state index is -0.324. The van der Waals surface area contributed by atoms with Gasteiger partial charge in [0.2, 0.25) is 5.91 Å². The monoisotopic (exact) mass is 336 g/mol. The number of hydrogen-bond donors (Lipinski definition) is 2. The molecule has 0 aliphatic rings. The number of aliphatic hydroxyl groups is 1. The fourth-order valence-electron chi connectivity index (χ4n) is 2.64. The van der Waals surface area contributed by atoms with E-state index in [2.05, 4.69) is 10.5 Å². The van der Waals surface area contributed by atoms with Crippen LogP contribution < -0.4 is 5.32 Å². The Hall–Kier alpha value is -2.92. The van der Waals surface area contributed by atoms with Gasteiger partial charge in [-0.2, -0.15) is 0 Å². The van der Waals surface area contributed by atoms with Gasteiger partial charge in [0, 0.05) is 11.6 Å². The zero-order valence-corrected chi connectivity index (χ0v) is 13.8. The summed E-state index contributed by atoms with van der Waals surface area (Å²) in [7, 11) is 0. The predicted octanol–water partition coefficient (Wildman–Crippen LogP) is 2.60. The van der Waals surface area contributed by atoms with Crippen molar-refractivity contribution in [3.05, 3.63) is 78.0 Å². The summed E-state index contributed by atoms with van der Waals surface area (Å²) >= 11 is 0. The molecule has 0 spiro atoms. The molecule has 0 bridgehead atoms. The first kappa shape index (κ1) is 16.9. The van der Waals surface area contributed by atoms with Gasteiger partial charge in [-0.3, -0.25) is 4.79 Å². The molecule has 1 unspecified atom stereocenters. The van der Waals surface area contributed by atoms with E-state index < -0.39 is 0 Å². The molecule has 0 saturated carbocycles. The average molecular weight is 336 g/mol. The number of carbonyl (C=O) groups excluding carboxylic acids is 1. The van der Waals surface area contributed by atoms with E-state index in [9.17, 15) is 9.90 Å². The highest BCUT2D eigenvalue weighted by atomic mass is 16.5. The van der Waals surface area contributed by atoms with Crippen molar-refractivity contribution < 1.29 is 14.4 Å². The van der Waals surface area contributed by atoms with Gasteiger partial charge in [0.05, 0.1) is 24.8 Å². The lowest BCUT2D eigenvalue weighted by Gasteiger charge is -2.16. The Balaban J connectivity index is 1.57.